The van der Waals surface area contributed by atoms with Gasteiger partial charge in [-0.2, -0.15) is 0 Å². The number of methoxy groups -OCH3 is 1. The van der Waals surface area contributed by atoms with Crippen molar-refractivity contribution in [1.82, 2.24) is 5.32 Å². The number of Topliss-reactive ketones (excluding diaryl/α,β-unsaturated/α-hetero) is 1. The minimum absolute atomic E-state index is 0.120. The van der Waals surface area contributed by atoms with Crippen LogP contribution in [-0.4, -0.2) is 38.7 Å². The van der Waals surface area contributed by atoms with Gasteiger partial charge in [0.15, 0.2) is 17.3 Å². The Morgan fingerprint density at radius 3 is 3.06 bits per heavy atom. The topological polar surface area (TPSA) is 47.6 Å². The van der Waals surface area contributed by atoms with E-state index in [0.29, 0.717) is 18.7 Å². The Labute approximate surface area is 105 Å². The van der Waals surface area contributed by atoms with E-state index in [-0.39, 0.29) is 24.1 Å². The van der Waals surface area contributed by atoms with E-state index in [9.17, 15) is 9.18 Å². The number of halogens is 1. The third-order valence-electron chi connectivity index (χ3n) is 2.89. The number of carbonyl (C=O) groups excluding carboxylic acids is 1. The first-order valence-electron chi connectivity index (χ1n) is 5.90. The molecule has 1 N–H and O–H groups in total. The van der Waals surface area contributed by atoms with Crippen LogP contribution in [0.1, 0.15) is 16.8 Å². The highest BCUT2D eigenvalue weighted by Crippen LogP contribution is 2.19. The van der Waals surface area contributed by atoms with E-state index in [1.807, 2.05) is 0 Å². The van der Waals surface area contributed by atoms with Crippen LogP contribution in [0.3, 0.4) is 0 Å². The molecule has 0 aromatic heterocycles. The molecule has 1 heterocycles. The maximum atomic E-state index is 13.5. The van der Waals surface area contributed by atoms with Gasteiger partial charge in [-0.3, -0.25) is 4.79 Å². The average Bonchev–Trinajstić information content (AvgIpc) is 2.39. The Bertz CT molecular complexity index is 430. The zero-order chi connectivity index (χ0) is 13.0. The number of ether oxygens (including phenoxy) is 2. The summed E-state index contributed by atoms with van der Waals surface area (Å²) >= 11 is 0. The molecule has 0 saturated carbocycles. The first-order valence-corrected chi connectivity index (χ1v) is 5.90. The van der Waals surface area contributed by atoms with Crippen molar-refractivity contribution in [1.29, 1.82) is 0 Å². The highest BCUT2D eigenvalue weighted by Gasteiger charge is 2.19. The van der Waals surface area contributed by atoms with Crippen LogP contribution in [-0.2, 0) is 4.74 Å². The summed E-state index contributed by atoms with van der Waals surface area (Å²) in [4.78, 5) is 11.9. The minimum atomic E-state index is -0.522. The lowest BCUT2D eigenvalue weighted by Crippen LogP contribution is -2.39. The van der Waals surface area contributed by atoms with Crippen molar-refractivity contribution in [2.45, 2.75) is 12.5 Å². The Morgan fingerprint density at radius 1 is 1.61 bits per heavy atom. The van der Waals surface area contributed by atoms with Crippen molar-refractivity contribution in [3.63, 3.8) is 0 Å². The summed E-state index contributed by atoms with van der Waals surface area (Å²) in [5, 5.41) is 3.15. The Hall–Kier alpha value is -1.46. The highest BCUT2D eigenvalue weighted by molar-refractivity contribution is 5.96. The van der Waals surface area contributed by atoms with Gasteiger partial charge in [-0.1, -0.05) is 0 Å². The molecule has 1 fully saturated rings. The second-order valence-corrected chi connectivity index (χ2v) is 4.17. The van der Waals surface area contributed by atoms with E-state index >= 15 is 0 Å². The molecule has 0 radical (unpaired) electrons. The fourth-order valence-electron chi connectivity index (χ4n) is 1.92. The predicted octanol–water partition coefficient (Wildman–Crippen LogP) is 1.40. The Kier molecular flexibility index (Phi) is 4.28. The number of hydrogen-bond acceptors (Lipinski definition) is 4. The van der Waals surface area contributed by atoms with Crippen molar-refractivity contribution < 1.29 is 18.7 Å². The van der Waals surface area contributed by atoms with Gasteiger partial charge in [-0.25, -0.2) is 4.39 Å². The number of benzene rings is 1. The van der Waals surface area contributed by atoms with E-state index in [2.05, 4.69) is 5.32 Å². The van der Waals surface area contributed by atoms with Crippen molar-refractivity contribution in [3.8, 4) is 5.75 Å². The quantitative estimate of drug-likeness (QED) is 0.824. The molecule has 0 aliphatic carbocycles. The maximum Gasteiger partial charge on any atom is 0.165 e. The van der Waals surface area contributed by atoms with Crippen LogP contribution in [0.2, 0.25) is 0 Å². The minimum Gasteiger partial charge on any atom is -0.494 e. The molecule has 1 aromatic carbocycles. The van der Waals surface area contributed by atoms with Crippen molar-refractivity contribution >= 4 is 5.78 Å². The van der Waals surface area contributed by atoms with Crippen molar-refractivity contribution in [2.24, 2.45) is 0 Å². The predicted molar refractivity (Wildman–Crippen MR) is 64.5 cm³/mol. The molecule has 1 aliphatic rings. The standard InChI is InChI=1S/C13H16FNO3/c1-17-13-3-2-9(6-11(13)14)12(16)7-10-8-15-4-5-18-10/h2-3,6,10,15H,4-5,7-8H2,1H3. The number of rotatable bonds is 4. The molecular formula is C13H16FNO3. The monoisotopic (exact) mass is 253 g/mol. The molecule has 1 atom stereocenters. The molecule has 98 valence electrons. The van der Waals surface area contributed by atoms with E-state index in [1.165, 1.54) is 19.2 Å². The summed E-state index contributed by atoms with van der Waals surface area (Å²) in [7, 11) is 1.39. The zero-order valence-corrected chi connectivity index (χ0v) is 10.2. The molecule has 1 unspecified atom stereocenters. The lowest BCUT2D eigenvalue weighted by molar-refractivity contribution is 0.0240. The number of nitrogens with one attached hydrogen (secondary N) is 1. The highest BCUT2D eigenvalue weighted by atomic mass is 19.1. The van der Waals surface area contributed by atoms with Gasteiger partial charge in [-0.15, -0.1) is 0 Å². The molecular weight excluding hydrogens is 237 g/mol. The van der Waals surface area contributed by atoms with Gasteiger partial charge in [0.2, 0.25) is 0 Å². The van der Waals surface area contributed by atoms with Crippen LogP contribution in [0, 0.1) is 5.82 Å². The largest absolute Gasteiger partial charge is 0.494 e. The molecule has 0 amide bonds. The summed E-state index contributed by atoms with van der Waals surface area (Å²) in [6.45, 7) is 2.07. The lowest BCUT2D eigenvalue weighted by Gasteiger charge is -2.22. The van der Waals surface area contributed by atoms with Crippen molar-refractivity contribution in [3.05, 3.63) is 29.6 Å². The fourth-order valence-corrected chi connectivity index (χ4v) is 1.92. The normalized spacial score (nSPS) is 19.6. The Morgan fingerprint density at radius 2 is 2.44 bits per heavy atom. The van der Waals surface area contributed by atoms with E-state index < -0.39 is 5.82 Å². The number of morpholine rings is 1. The average molecular weight is 253 g/mol. The second kappa shape index (κ2) is 5.93. The summed E-state index contributed by atoms with van der Waals surface area (Å²) in [5.41, 5.74) is 0.350. The number of carbonyl (C=O) groups is 1. The maximum absolute atomic E-state index is 13.5. The van der Waals surface area contributed by atoms with Crippen LogP contribution in [0.5, 0.6) is 5.75 Å². The number of hydrogen-bond donors (Lipinski definition) is 1. The fraction of sp³-hybridized carbons (Fsp3) is 0.462. The Balaban J connectivity index is 2.01. The first-order chi connectivity index (χ1) is 8.70. The molecule has 0 bridgehead atoms. The van der Waals surface area contributed by atoms with E-state index in [1.54, 1.807) is 6.07 Å². The molecule has 0 spiro atoms. The van der Waals surface area contributed by atoms with Crippen LogP contribution < -0.4 is 10.1 Å². The van der Waals surface area contributed by atoms with Crippen LogP contribution >= 0.6 is 0 Å². The van der Waals surface area contributed by atoms with E-state index in [0.717, 1.165) is 6.54 Å². The van der Waals surface area contributed by atoms with Crippen molar-refractivity contribution in [2.75, 3.05) is 26.8 Å². The summed E-state index contributed by atoms with van der Waals surface area (Å²) < 4.78 is 23.7. The SMILES string of the molecule is COc1ccc(C(=O)CC2CNCCO2)cc1F. The third kappa shape index (κ3) is 3.05. The molecule has 18 heavy (non-hydrogen) atoms. The van der Waals surface area contributed by atoms with Gasteiger partial charge in [-0.05, 0) is 18.2 Å². The smallest absolute Gasteiger partial charge is 0.165 e. The van der Waals surface area contributed by atoms with Gasteiger partial charge >= 0.3 is 0 Å². The third-order valence-corrected chi connectivity index (χ3v) is 2.89. The molecule has 1 aromatic rings. The lowest BCUT2D eigenvalue weighted by atomic mass is 10.0. The summed E-state index contributed by atoms with van der Waals surface area (Å²) in [6, 6.07) is 4.24. The molecule has 4 nitrogen and oxygen atoms in total. The first kappa shape index (κ1) is 13.0. The summed E-state index contributed by atoms with van der Waals surface area (Å²) in [5.74, 6) is -0.501. The molecule has 1 aliphatic heterocycles. The molecule has 5 heteroatoms. The molecule has 2 rings (SSSR count). The van der Waals surface area contributed by atoms with Gasteiger partial charge in [0.25, 0.3) is 0 Å². The van der Waals surface area contributed by atoms with Crippen LogP contribution in [0.15, 0.2) is 18.2 Å². The molecule has 1 saturated heterocycles. The van der Waals surface area contributed by atoms with Gasteiger partial charge < -0.3 is 14.8 Å². The zero-order valence-electron chi connectivity index (χ0n) is 10.2. The summed E-state index contributed by atoms with van der Waals surface area (Å²) in [6.07, 6.45) is 0.134. The second-order valence-electron chi connectivity index (χ2n) is 4.17. The van der Waals surface area contributed by atoms with Crippen LogP contribution in [0.4, 0.5) is 4.39 Å². The van der Waals surface area contributed by atoms with E-state index in [4.69, 9.17) is 9.47 Å². The van der Waals surface area contributed by atoms with Crippen LogP contribution in [0.25, 0.3) is 0 Å². The number of ketones is 1. The van der Waals surface area contributed by atoms with Gasteiger partial charge in [0, 0.05) is 25.1 Å². The van der Waals surface area contributed by atoms with Gasteiger partial charge in [0.1, 0.15) is 0 Å². The van der Waals surface area contributed by atoms with Gasteiger partial charge in [0.05, 0.1) is 19.8 Å².